The molecule has 22 heavy (non-hydrogen) atoms. The van der Waals surface area contributed by atoms with Crippen LogP contribution in [0.15, 0.2) is 18.2 Å². The highest BCUT2D eigenvalue weighted by Crippen LogP contribution is 2.30. The molecule has 1 aliphatic carbocycles. The molecule has 2 aromatic rings. The number of aromatic nitrogens is 1. The first-order chi connectivity index (χ1) is 10.7. The van der Waals surface area contributed by atoms with Gasteiger partial charge in [-0.15, -0.1) is 0 Å². The number of carbonyl (C=O) groups is 1. The number of pyridine rings is 1. The molecular weight excluding hydrogens is 274 g/mol. The normalized spacial score (nSPS) is 18.2. The van der Waals surface area contributed by atoms with Gasteiger partial charge in [-0.3, -0.25) is 4.79 Å². The van der Waals surface area contributed by atoms with E-state index in [4.69, 9.17) is 4.98 Å². The van der Waals surface area contributed by atoms with Crippen molar-refractivity contribution in [3.05, 3.63) is 34.9 Å². The van der Waals surface area contributed by atoms with Crippen LogP contribution in [0.25, 0.3) is 10.9 Å². The maximum absolute atomic E-state index is 11.5. The van der Waals surface area contributed by atoms with Crippen LogP contribution < -0.4 is 10.2 Å². The number of hydrogen-bond acceptors (Lipinski definition) is 3. The van der Waals surface area contributed by atoms with E-state index in [2.05, 4.69) is 35.3 Å². The zero-order valence-corrected chi connectivity index (χ0v) is 13.0. The number of rotatable bonds is 1. The number of nitrogens with zero attached hydrogens (tertiary/aromatic N) is 2. The Morgan fingerprint density at radius 1 is 1.09 bits per heavy atom. The van der Waals surface area contributed by atoms with Crippen LogP contribution in [-0.2, 0) is 17.6 Å². The summed E-state index contributed by atoms with van der Waals surface area (Å²) in [6.45, 7) is 4.43. The van der Waals surface area contributed by atoms with Crippen LogP contribution >= 0.6 is 0 Å². The second-order valence-electron chi connectivity index (χ2n) is 6.38. The summed E-state index contributed by atoms with van der Waals surface area (Å²) in [7, 11) is 0. The minimum absolute atomic E-state index is 0.137. The van der Waals surface area contributed by atoms with Crippen molar-refractivity contribution >= 4 is 22.6 Å². The number of amides is 1. The maximum atomic E-state index is 11.5. The van der Waals surface area contributed by atoms with Gasteiger partial charge in [0.15, 0.2) is 0 Å². The predicted octanol–water partition coefficient (Wildman–Crippen LogP) is 2.36. The summed E-state index contributed by atoms with van der Waals surface area (Å²) in [5.41, 5.74) is 5.33. The van der Waals surface area contributed by atoms with Crippen LogP contribution in [-0.4, -0.2) is 30.5 Å². The molecule has 1 aromatic carbocycles. The molecule has 0 radical (unpaired) electrons. The molecule has 0 saturated carbocycles. The third kappa shape index (κ3) is 2.32. The quantitative estimate of drug-likeness (QED) is 0.878. The second-order valence-corrected chi connectivity index (χ2v) is 6.38. The lowest BCUT2D eigenvalue weighted by Crippen LogP contribution is -2.29. The van der Waals surface area contributed by atoms with E-state index < -0.39 is 0 Å². The van der Waals surface area contributed by atoms with Crippen molar-refractivity contribution in [2.75, 3.05) is 24.5 Å². The monoisotopic (exact) mass is 295 g/mol. The molecule has 4 rings (SSSR count). The van der Waals surface area contributed by atoms with E-state index >= 15 is 0 Å². The molecule has 2 heterocycles. The molecular formula is C18H21N3O. The van der Waals surface area contributed by atoms with E-state index in [9.17, 15) is 4.79 Å². The standard InChI is InChI=1S/C18H21N3O/c1-12-9-17(21-7-5-18(22)19-6-8-21)20-16-11-14-4-2-3-13(14)10-15(12)16/h9-11H,2-8H2,1H3,(H,19,22). The molecule has 2 aliphatic rings. The molecule has 0 bridgehead atoms. The molecule has 1 aliphatic heterocycles. The maximum Gasteiger partial charge on any atom is 0.221 e. The molecule has 1 amide bonds. The number of aryl methyl sites for hydroxylation is 3. The van der Waals surface area contributed by atoms with Gasteiger partial charge in [-0.1, -0.05) is 0 Å². The number of carbonyl (C=O) groups excluding carboxylic acids is 1. The van der Waals surface area contributed by atoms with Gasteiger partial charge < -0.3 is 10.2 Å². The minimum Gasteiger partial charge on any atom is -0.354 e. The van der Waals surface area contributed by atoms with Crippen LogP contribution in [0.5, 0.6) is 0 Å². The highest BCUT2D eigenvalue weighted by atomic mass is 16.1. The number of benzene rings is 1. The summed E-state index contributed by atoms with van der Waals surface area (Å²) < 4.78 is 0. The number of nitrogens with one attached hydrogen (secondary N) is 1. The van der Waals surface area contributed by atoms with Gasteiger partial charge in [-0.25, -0.2) is 4.98 Å². The Morgan fingerprint density at radius 3 is 2.77 bits per heavy atom. The van der Waals surface area contributed by atoms with Gasteiger partial charge in [-0.2, -0.15) is 0 Å². The Morgan fingerprint density at radius 2 is 1.91 bits per heavy atom. The zero-order chi connectivity index (χ0) is 15.1. The Labute approximate surface area is 130 Å². The van der Waals surface area contributed by atoms with Crippen molar-refractivity contribution in [1.29, 1.82) is 0 Å². The van der Waals surface area contributed by atoms with Crippen LogP contribution in [0, 0.1) is 6.92 Å². The van der Waals surface area contributed by atoms with Crippen molar-refractivity contribution in [1.82, 2.24) is 10.3 Å². The molecule has 1 N–H and O–H groups in total. The zero-order valence-electron chi connectivity index (χ0n) is 13.0. The fraction of sp³-hybridized carbons (Fsp3) is 0.444. The molecule has 0 unspecified atom stereocenters. The molecule has 114 valence electrons. The van der Waals surface area contributed by atoms with Gasteiger partial charge >= 0.3 is 0 Å². The second kappa shape index (κ2) is 5.27. The third-order valence-electron chi connectivity index (χ3n) is 4.85. The van der Waals surface area contributed by atoms with E-state index in [-0.39, 0.29) is 5.91 Å². The first-order valence-electron chi connectivity index (χ1n) is 8.15. The highest BCUT2D eigenvalue weighted by molar-refractivity contribution is 5.86. The first kappa shape index (κ1) is 13.6. The Bertz CT molecular complexity index is 754. The third-order valence-corrected chi connectivity index (χ3v) is 4.85. The van der Waals surface area contributed by atoms with Crippen LogP contribution in [0.3, 0.4) is 0 Å². The van der Waals surface area contributed by atoms with Crippen molar-refractivity contribution in [3.8, 4) is 0 Å². The molecule has 4 heteroatoms. The molecule has 1 aromatic heterocycles. The number of fused-ring (bicyclic) bond motifs is 2. The smallest absolute Gasteiger partial charge is 0.221 e. The molecule has 4 nitrogen and oxygen atoms in total. The number of anilines is 1. The van der Waals surface area contributed by atoms with E-state index in [1.165, 1.54) is 41.3 Å². The molecule has 1 fully saturated rings. The SMILES string of the molecule is Cc1cc(N2CCNC(=O)CC2)nc2cc3c(cc12)CCC3. The molecule has 1 saturated heterocycles. The van der Waals surface area contributed by atoms with Crippen molar-refractivity contribution in [2.24, 2.45) is 0 Å². The number of hydrogen-bond donors (Lipinski definition) is 1. The highest BCUT2D eigenvalue weighted by Gasteiger charge is 2.18. The van der Waals surface area contributed by atoms with Crippen LogP contribution in [0.2, 0.25) is 0 Å². The lowest BCUT2D eigenvalue weighted by atomic mass is 10.0. The van der Waals surface area contributed by atoms with Gasteiger partial charge in [0.1, 0.15) is 5.82 Å². The van der Waals surface area contributed by atoms with Gasteiger partial charge in [0.05, 0.1) is 5.52 Å². The van der Waals surface area contributed by atoms with Gasteiger partial charge in [-0.05, 0) is 61.1 Å². The summed E-state index contributed by atoms with van der Waals surface area (Å²) in [4.78, 5) is 18.6. The summed E-state index contributed by atoms with van der Waals surface area (Å²) in [6.07, 6.45) is 4.19. The van der Waals surface area contributed by atoms with Crippen LogP contribution in [0.1, 0.15) is 29.5 Å². The van der Waals surface area contributed by atoms with Gasteiger partial charge in [0.2, 0.25) is 5.91 Å². The molecule has 0 atom stereocenters. The van der Waals surface area contributed by atoms with E-state index in [1.54, 1.807) is 0 Å². The van der Waals surface area contributed by atoms with Gasteiger partial charge in [0, 0.05) is 31.4 Å². The molecule has 0 spiro atoms. The summed E-state index contributed by atoms with van der Waals surface area (Å²) in [6, 6.07) is 6.77. The lowest BCUT2D eigenvalue weighted by Gasteiger charge is -2.22. The fourth-order valence-corrected chi connectivity index (χ4v) is 3.60. The van der Waals surface area contributed by atoms with E-state index in [0.717, 1.165) is 24.4 Å². The van der Waals surface area contributed by atoms with Crippen LogP contribution in [0.4, 0.5) is 5.82 Å². The lowest BCUT2D eigenvalue weighted by molar-refractivity contribution is -0.120. The first-order valence-corrected chi connectivity index (χ1v) is 8.15. The summed E-state index contributed by atoms with van der Waals surface area (Å²) >= 11 is 0. The van der Waals surface area contributed by atoms with Crippen molar-refractivity contribution in [2.45, 2.75) is 32.6 Å². The van der Waals surface area contributed by atoms with Gasteiger partial charge in [0.25, 0.3) is 0 Å². The summed E-state index contributed by atoms with van der Waals surface area (Å²) in [5.74, 6) is 1.14. The van der Waals surface area contributed by atoms with E-state index in [0.29, 0.717) is 13.0 Å². The van der Waals surface area contributed by atoms with E-state index in [1.807, 2.05) is 0 Å². The summed E-state index contributed by atoms with van der Waals surface area (Å²) in [5, 5.41) is 4.19. The Balaban J connectivity index is 1.76. The Hall–Kier alpha value is -2.10. The minimum atomic E-state index is 0.137. The Kier molecular flexibility index (Phi) is 3.25. The fourth-order valence-electron chi connectivity index (χ4n) is 3.60. The largest absolute Gasteiger partial charge is 0.354 e. The average molecular weight is 295 g/mol. The van der Waals surface area contributed by atoms with Crippen molar-refractivity contribution < 1.29 is 4.79 Å². The van der Waals surface area contributed by atoms with Crippen molar-refractivity contribution in [3.63, 3.8) is 0 Å². The topological polar surface area (TPSA) is 45.2 Å². The predicted molar refractivity (Wildman–Crippen MR) is 88.3 cm³/mol. The average Bonchev–Trinajstić information content (AvgIpc) is 2.85.